The van der Waals surface area contributed by atoms with E-state index in [1.807, 2.05) is 5.38 Å². The van der Waals surface area contributed by atoms with Crippen molar-refractivity contribution in [1.82, 2.24) is 10.3 Å². The molecular formula is C12H10BrFN2OS. The Hall–Kier alpha value is -1.27. The molecule has 0 aliphatic rings. The maximum Gasteiger partial charge on any atom is 0.254 e. The first-order valence-corrected chi connectivity index (χ1v) is 7.01. The molecule has 1 heterocycles. The first kappa shape index (κ1) is 13.2. The molecule has 2 aromatic rings. The van der Waals surface area contributed by atoms with Gasteiger partial charge in [-0.25, -0.2) is 9.37 Å². The molecule has 0 bridgehead atoms. The van der Waals surface area contributed by atoms with Gasteiger partial charge in [-0.1, -0.05) is 6.07 Å². The lowest BCUT2D eigenvalue weighted by Gasteiger charge is -2.06. The summed E-state index contributed by atoms with van der Waals surface area (Å²) in [4.78, 5) is 15.9. The summed E-state index contributed by atoms with van der Waals surface area (Å²) in [5.41, 5.74) is 2.71. The number of nitrogens with one attached hydrogen (secondary N) is 1. The highest BCUT2D eigenvalue weighted by Gasteiger charge is 2.13. The van der Waals surface area contributed by atoms with E-state index in [9.17, 15) is 9.18 Å². The van der Waals surface area contributed by atoms with Gasteiger partial charge in [-0.2, -0.15) is 0 Å². The van der Waals surface area contributed by atoms with Crippen LogP contribution in [0.15, 0.2) is 33.6 Å². The van der Waals surface area contributed by atoms with Crippen LogP contribution in [0.3, 0.4) is 0 Å². The van der Waals surface area contributed by atoms with Crippen molar-refractivity contribution in [1.29, 1.82) is 0 Å². The van der Waals surface area contributed by atoms with Crippen molar-refractivity contribution < 1.29 is 9.18 Å². The van der Waals surface area contributed by atoms with Crippen molar-refractivity contribution in [2.24, 2.45) is 0 Å². The zero-order valence-electron chi connectivity index (χ0n) is 9.32. The second-order valence-corrected chi connectivity index (χ2v) is 5.16. The van der Waals surface area contributed by atoms with Crippen molar-refractivity contribution in [3.8, 4) is 0 Å². The Morgan fingerprint density at radius 2 is 2.33 bits per heavy atom. The maximum atomic E-state index is 13.6. The molecule has 0 aliphatic carbocycles. The summed E-state index contributed by atoms with van der Waals surface area (Å²) in [5, 5.41) is 4.59. The van der Waals surface area contributed by atoms with E-state index in [-0.39, 0.29) is 10.0 Å². The van der Waals surface area contributed by atoms with E-state index in [0.717, 1.165) is 5.69 Å². The van der Waals surface area contributed by atoms with E-state index < -0.39 is 11.7 Å². The van der Waals surface area contributed by atoms with Crippen LogP contribution in [0.1, 0.15) is 16.1 Å². The fourth-order valence-electron chi connectivity index (χ4n) is 1.44. The summed E-state index contributed by atoms with van der Waals surface area (Å²) < 4.78 is 13.9. The summed E-state index contributed by atoms with van der Waals surface area (Å²) in [7, 11) is 0. The molecule has 0 fully saturated rings. The highest BCUT2D eigenvalue weighted by Crippen LogP contribution is 2.18. The predicted octanol–water partition coefficient (Wildman–Crippen LogP) is 3.02. The highest BCUT2D eigenvalue weighted by atomic mass is 79.9. The third kappa shape index (κ3) is 3.14. The van der Waals surface area contributed by atoms with Gasteiger partial charge in [-0.15, -0.1) is 11.3 Å². The Kier molecular flexibility index (Phi) is 4.43. The number of carbonyl (C=O) groups is 1. The monoisotopic (exact) mass is 328 g/mol. The molecule has 0 radical (unpaired) electrons. The minimum atomic E-state index is -0.538. The molecule has 0 atom stereocenters. The van der Waals surface area contributed by atoms with Gasteiger partial charge in [-0.3, -0.25) is 4.79 Å². The average Bonchev–Trinajstić information content (AvgIpc) is 2.85. The van der Waals surface area contributed by atoms with E-state index >= 15 is 0 Å². The number of benzene rings is 1. The van der Waals surface area contributed by atoms with Crippen molar-refractivity contribution in [2.45, 2.75) is 6.42 Å². The van der Waals surface area contributed by atoms with E-state index in [1.165, 1.54) is 17.4 Å². The fourth-order valence-corrected chi connectivity index (χ4v) is 2.40. The summed E-state index contributed by atoms with van der Waals surface area (Å²) in [6.45, 7) is 0.439. The molecule has 0 unspecified atom stereocenters. The average molecular weight is 329 g/mol. The lowest BCUT2D eigenvalue weighted by atomic mass is 10.2. The second-order valence-electron chi connectivity index (χ2n) is 3.59. The molecule has 6 heteroatoms. The first-order valence-electron chi connectivity index (χ1n) is 5.28. The van der Waals surface area contributed by atoms with Crippen molar-refractivity contribution >= 4 is 33.2 Å². The standard InChI is InChI=1S/C12H10BrFN2OS/c13-10-3-1-2-9(11(10)14)12(17)15-5-4-8-6-18-7-16-8/h1-3,6-7H,4-5H2,(H,15,17). The van der Waals surface area contributed by atoms with Gasteiger partial charge in [0.2, 0.25) is 0 Å². The van der Waals surface area contributed by atoms with Crippen LogP contribution in [0.25, 0.3) is 0 Å². The van der Waals surface area contributed by atoms with Gasteiger partial charge in [-0.05, 0) is 28.1 Å². The van der Waals surface area contributed by atoms with Gasteiger partial charge >= 0.3 is 0 Å². The zero-order chi connectivity index (χ0) is 13.0. The van der Waals surface area contributed by atoms with Crippen LogP contribution in [0, 0.1) is 5.82 Å². The lowest BCUT2D eigenvalue weighted by molar-refractivity contribution is 0.0950. The minimum absolute atomic E-state index is 0.0441. The van der Waals surface area contributed by atoms with E-state index in [4.69, 9.17) is 0 Å². The van der Waals surface area contributed by atoms with E-state index in [0.29, 0.717) is 13.0 Å². The minimum Gasteiger partial charge on any atom is -0.352 e. The van der Waals surface area contributed by atoms with Crippen molar-refractivity contribution in [3.63, 3.8) is 0 Å². The highest BCUT2D eigenvalue weighted by molar-refractivity contribution is 9.10. The molecule has 0 aliphatic heterocycles. The number of hydrogen-bond acceptors (Lipinski definition) is 3. The maximum absolute atomic E-state index is 13.6. The van der Waals surface area contributed by atoms with Gasteiger partial charge in [0.1, 0.15) is 5.82 Å². The summed E-state index contributed by atoms with van der Waals surface area (Å²) in [6, 6.07) is 4.64. The number of thiazole rings is 1. The third-order valence-electron chi connectivity index (χ3n) is 2.35. The molecule has 0 saturated heterocycles. The molecule has 0 spiro atoms. The molecule has 1 N–H and O–H groups in total. The molecule has 1 aromatic carbocycles. The Morgan fingerprint density at radius 3 is 3.06 bits per heavy atom. The van der Waals surface area contributed by atoms with Crippen LogP contribution in [-0.4, -0.2) is 17.4 Å². The zero-order valence-corrected chi connectivity index (χ0v) is 11.7. The third-order valence-corrected chi connectivity index (χ3v) is 3.59. The van der Waals surface area contributed by atoms with Crippen LogP contribution in [0.4, 0.5) is 4.39 Å². The Bertz CT molecular complexity index is 545. The molecule has 1 amide bonds. The van der Waals surface area contributed by atoms with Crippen LogP contribution >= 0.6 is 27.3 Å². The van der Waals surface area contributed by atoms with Crippen molar-refractivity contribution in [3.05, 3.63) is 50.6 Å². The summed E-state index contributed by atoms with van der Waals surface area (Å²) >= 11 is 4.56. The quantitative estimate of drug-likeness (QED) is 0.937. The topological polar surface area (TPSA) is 42.0 Å². The largest absolute Gasteiger partial charge is 0.352 e. The first-order chi connectivity index (χ1) is 8.68. The molecule has 18 heavy (non-hydrogen) atoms. The van der Waals surface area contributed by atoms with Crippen LogP contribution < -0.4 is 5.32 Å². The second kappa shape index (κ2) is 6.06. The number of rotatable bonds is 4. The number of hydrogen-bond donors (Lipinski definition) is 1. The van der Waals surface area contributed by atoms with Crippen LogP contribution in [-0.2, 0) is 6.42 Å². The molecule has 2 rings (SSSR count). The number of amides is 1. The Labute approximate surface area is 116 Å². The Balaban J connectivity index is 1.93. The molecule has 94 valence electrons. The predicted molar refractivity (Wildman–Crippen MR) is 72.3 cm³/mol. The molecule has 0 saturated carbocycles. The lowest BCUT2D eigenvalue weighted by Crippen LogP contribution is -2.26. The number of aromatic nitrogens is 1. The van der Waals surface area contributed by atoms with Gasteiger partial charge in [0.15, 0.2) is 0 Å². The van der Waals surface area contributed by atoms with Gasteiger partial charge in [0.05, 0.1) is 21.2 Å². The SMILES string of the molecule is O=C(NCCc1cscn1)c1cccc(Br)c1F. The molecule has 3 nitrogen and oxygen atoms in total. The molecular weight excluding hydrogens is 319 g/mol. The van der Waals surface area contributed by atoms with Crippen molar-refractivity contribution in [2.75, 3.05) is 6.54 Å². The van der Waals surface area contributed by atoms with Gasteiger partial charge in [0.25, 0.3) is 5.91 Å². The fraction of sp³-hybridized carbons (Fsp3) is 0.167. The Morgan fingerprint density at radius 1 is 1.50 bits per heavy atom. The summed E-state index contributed by atoms with van der Waals surface area (Å²) in [5.74, 6) is -0.951. The molecule has 1 aromatic heterocycles. The number of nitrogens with zero attached hydrogens (tertiary/aromatic N) is 1. The van der Waals surface area contributed by atoms with Gasteiger partial charge in [0, 0.05) is 18.3 Å². The van der Waals surface area contributed by atoms with E-state index in [2.05, 4.69) is 26.2 Å². The van der Waals surface area contributed by atoms with E-state index in [1.54, 1.807) is 17.6 Å². The van der Waals surface area contributed by atoms with Crippen LogP contribution in [0.5, 0.6) is 0 Å². The smallest absolute Gasteiger partial charge is 0.254 e. The number of carbonyl (C=O) groups excluding carboxylic acids is 1. The van der Waals surface area contributed by atoms with Gasteiger partial charge < -0.3 is 5.32 Å². The van der Waals surface area contributed by atoms with Crippen LogP contribution in [0.2, 0.25) is 0 Å². The number of halogens is 2. The normalized spacial score (nSPS) is 10.3. The summed E-state index contributed by atoms with van der Waals surface area (Å²) in [6.07, 6.45) is 0.644.